The van der Waals surface area contributed by atoms with Gasteiger partial charge in [-0.1, -0.05) is 0 Å². The molecule has 186 valence electrons. The molecular formula is C20H30N2O11. The highest BCUT2D eigenvalue weighted by Gasteiger charge is 2.04. The van der Waals surface area contributed by atoms with E-state index in [0.717, 1.165) is 0 Å². The molecule has 0 aliphatic carbocycles. The molecule has 13 nitrogen and oxygen atoms in total. The van der Waals surface area contributed by atoms with Crippen molar-refractivity contribution in [3.63, 3.8) is 0 Å². The van der Waals surface area contributed by atoms with Crippen molar-refractivity contribution in [2.45, 2.75) is 0 Å². The van der Waals surface area contributed by atoms with E-state index in [4.69, 9.17) is 28.8 Å². The number of nitrogens with one attached hydrogen (secondary N) is 1. The van der Waals surface area contributed by atoms with E-state index < -0.39 is 23.4 Å². The number of hydrogen-bond acceptors (Lipinski definition) is 10. The van der Waals surface area contributed by atoms with Crippen molar-refractivity contribution in [2.24, 2.45) is 0 Å². The molecule has 0 unspecified atom stereocenters. The summed E-state index contributed by atoms with van der Waals surface area (Å²) >= 11 is 0. The fourth-order valence-electron chi connectivity index (χ4n) is 2.19. The second kappa shape index (κ2) is 18.7. The summed E-state index contributed by atoms with van der Waals surface area (Å²) in [6, 6.07) is 5.83. The summed E-state index contributed by atoms with van der Waals surface area (Å²) < 4.78 is 31.4. The van der Waals surface area contributed by atoms with E-state index in [1.807, 2.05) is 0 Å². The average Bonchev–Trinajstić information content (AvgIpc) is 2.78. The van der Waals surface area contributed by atoms with Crippen LogP contribution in [0.1, 0.15) is 0 Å². The minimum atomic E-state index is -1.13. The van der Waals surface area contributed by atoms with Gasteiger partial charge in [-0.2, -0.15) is 0 Å². The predicted molar refractivity (Wildman–Crippen MR) is 113 cm³/mol. The Hall–Kier alpha value is -2.84. The van der Waals surface area contributed by atoms with Gasteiger partial charge in [-0.05, 0) is 12.1 Å². The van der Waals surface area contributed by atoms with Crippen molar-refractivity contribution < 1.29 is 48.0 Å². The molecule has 0 atom stereocenters. The third-order valence-electron chi connectivity index (χ3n) is 3.69. The monoisotopic (exact) mass is 474 g/mol. The van der Waals surface area contributed by atoms with Crippen LogP contribution in [0.5, 0.6) is 5.75 Å². The summed E-state index contributed by atoms with van der Waals surface area (Å²) in [5.41, 5.74) is 0.0106. The van der Waals surface area contributed by atoms with Gasteiger partial charge in [-0.25, -0.2) is 4.79 Å². The lowest BCUT2D eigenvalue weighted by Crippen LogP contribution is -2.31. The zero-order chi connectivity index (χ0) is 24.2. The standard InChI is InChI=1S/C20H30N2O11/c23-19(15-32-16-20(24)25)21-5-6-28-7-8-29-9-10-30-11-12-31-13-14-33-18-3-1-17(2-4-18)22(26)27/h1-4H,5-16H2,(H,21,23)(H,24,25). The summed E-state index contributed by atoms with van der Waals surface area (Å²) in [4.78, 5) is 31.6. The lowest BCUT2D eigenvalue weighted by molar-refractivity contribution is -0.384. The molecule has 0 heterocycles. The van der Waals surface area contributed by atoms with Gasteiger partial charge in [0, 0.05) is 18.7 Å². The first-order valence-corrected chi connectivity index (χ1v) is 10.2. The van der Waals surface area contributed by atoms with Gasteiger partial charge in [-0.3, -0.25) is 14.9 Å². The average molecular weight is 474 g/mol. The third kappa shape index (κ3) is 16.5. The molecule has 0 saturated carbocycles. The Labute approximate surface area is 191 Å². The number of carbonyl (C=O) groups is 2. The number of benzene rings is 1. The Morgan fingerprint density at radius 1 is 0.788 bits per heavy atom. The van der Waals surface area contributed by atoms with E-state index in [1.165, 1.54) is 24.3 Å². The SMILES string of the molecule is O=C(O)COCC(=O)NCCOCCOCCOCCOCCOc1ccc([N+](=O)[O-])cc1. The van der Waals surface area contributed by atoms with Crippen LogP contribution in [0.3, 0.4) is 0 Å². The number of hydrogen-bond donors (Lipinski definition) is 2. The number of ether oxygens (including phenoxy) is 6. The molecule has 0 fully saturated rings. The fraction of sp³-hybridized carbons (Fsp3) is 0.600. The lowest BCUT2D eigenvalue weighted by Gasteiger charge is -2.09. The quantitative estimate of drug-likeness (QED) is 0.143. The van der Waals surface area contributed by atoms with Gasteiger partial charge in [0.15, 0.2) is 0 Å². The van der Waals surface area contributed by atoms with Crippen LogP contribution in [0, 0.1) is 10.1 Å². The van der Waals surface area contributed by atoms with Crippen LogP contribution in [0.2, 0.25) is 0 Å². The molecule has 1 aromatic carbocycles. The summed E-state index contributed by atoms with van der Waals surface area (Å²) in [7, 11) is 0. The van der Waals surface area contributed by atoms with Gasteiger partial charge in [0.25, 0.3) is 5.69 Å². The van der Waals surface area contributed by atoms with E-state index >= 15 is 0 Å². The first-order valence-electron chi connectivity index (χ1n) is 10.2. The van der Waals surface area contributed by atoms with Crippen molar-refractivity contribution >= 4 is 17.6 Å². The number of nitro groups is 1. The molecule has 1 aromatic rings. The smallest absolute Gasteiger partial charge is 0.329 e. The van der Waals surface area contributed by atoms with Crippen LogP contribution in [0.15, 0.2) is 24.3 Å². The first-order chi connectivity index (χ1) is 16.0. The van der Waals surface area contributed by atoms with Crippen LogP contribution in [-0.2, 0) is 33.3 Å². The van der Waals surface area contributed by atoms with Crippen molar-refractivity contribution in [1.29, 1.82) is 0 Å². The highest BCUT2D eigenvalue weighted by molar-refractivity contribution is 5.77. The van der Waals surface area contributed by atoms with Crippen LogP contribution in [0.4, 0.5) is 5.69 Å². The molecule has 2 N–H and O–H groups in total. The second-order valence-electron chi connectivity index (χ2n) is 6.29. The number of carbonyl (C=O) groups excluding carboxylic acids is 1. The number of non-ortho nitro benzene ring substituents is 1. The maximum atomic E-state index is 11.3. The van der Waals surface area contributed by atoms with E-state index in [9.17, 15) is 19.7 Å². The van der Waals surface area contributed by atoms with Crippen LogP contribution in [-0.4, -0.2) is 101 Å². The molecule has 0 aliphatic heterocycles. The maximum Gasteiger partial charge on any atom is 0.329 e. The van der Waals surface area contributed by atoms with Crippen molar-refractivity contribution in [3.8, 4) is 5.75 Å². The normalized spacial score (nSPS) is 10.7. The molecule has 0 bridgehead atoms. The van der Waals surface area contributed by atoms with E-state index in [2.05, 4.69) is 10.1 Å². The highest BCUT2D eigenvalue weighted by Crippen LogP contribution is 2.16. The fourth-order valence-corrected chi connectivity index (χ4v) is 2.19. The van der Waals surface area contributed by atoms with Gasteiger partial charge >= 0.3 is 5.97 Å². The number of aliphatic carboxylic acids is 1. The Kier molecular flexibility index (Phi) is 16.0. The van der Waals surface area contributed by atoms with E-state index in [-0.39, 0.29) is 18.8 Å². The Morgan fingerprint density at radius 3 is 1.82 bits per heavy atom. The van der Waals surface area contributed by atoms with Gasteiger partial charge in [0.2, 0.25) is 5.91 Å². The third-order valence-corrected chi connectivity index (χ3v) is 3.69. The number of amides is 1. The number of nitro benzene ring substituents is 1. The molecule has 1 rings (SSSR count). The number of nitrogens with zero attached hydrogens (tertiary/aromatic N) is 1. The summed E-state index contributed by atoms with van der Waals surface area (Å²) in [5, 5.41) is 21.5. The Bertz CT molecular complexity index is 685. The first kappa shape index (κ1) is 28.2. The van der Waals surface area contributed by atoms with Crippen LogP contribution in [0.25, 0.3) is 0 Å². The van der Waals surface area contributed by atoms with Crippen LogP contribution < -0.4 is 10.1 Å². The van der Waals surface area contributed by atoms with Crippen LogP contribution >= 0.6 is 0 Å². The van der Waals surface area contributed by atoms with Gasteiger partial charge < -0.3 is 38.8 Å². The molecule has 0 aliphatic rings. The zero-order valence-electron chi connectivity index (χ0n) is 18.3. The Morgan fingerprint density at radius 2 is 1.30 bits per heavy atom. The lowest BCUT2D eigenvalue weighted by atomic mass is 10.3. The molecule has 0 aromatic heterocycles. The molecular weight excluding hydrogens is 444 g/mol. The summed E-state index contributed by atoms with van der Waals surface area (Å²) in [5.74, 6) is -1.00. The topological polar surface area (TPSA) is 165 Å². The molecule has 1 amide bonds. The van der Waals surface area contributed by atoms with Gasteiger partial charge in [0.05, 0.1) is 57.8 Å². The van der Waals surface area contributed by atoms with Crippen molar-refractivity contribution in [3.05, 3.63) is 34.4 Å². The minimum Gasteiger partial charge on any atom is -0.491 e. The van der Waals surface area contributed by atoms with Gasteiger partial charge in [0.1, 0.15) is 25.6 Å². The molecule has 33 heavy (non-hydrogen) atoms. The highest BCUT2D eigenvalue weighted by atomic mass is 16.6. The van der Waals surface area contributed by atoms with E-state index in [1.54, 1.807) is 0 Å². The number of rotatable bonds is 21. The number of carboxylic acid groups (broad SMARTS) is 1. The Balaban J connectivity index is 1.79. The predicted octanol–water partition coefficient (Wildman–Crippen LogP) is 0.257. The van der Waals surface area contributed by atoms with Crippen molar-refractivity contribution in [2.75, 3.05) is 79.2 Å². The van der Waals surface area contributed by atoms with Crippen molar-refractivity contribution in [1.82, 2.24) is 5.32 Å². The molecule has 0 radical (unpaired) electrons. The van der Waals surface area contributed by atoms with E-state index in [0.29, 0.717) is 65.2 Å². The maximum absolute atomic E-state index is 11.3. The minimum absolute atomic E-state index is 0.0106. The molecule has 0 spiro atoms. The summed E-state index contributed by atoms with van der Waals surface area (Å²) in [6.45, 7) is 2.83. The number of carboxylic acids is 1. The van der Waals surface area contributed by atoms with Gasteiger partial charge in [-0.15, -0.1) is 0 Å². The molecule has 0 saturated heterocycles. The second-order valence-corrected chi connectivity index (χ2v) is 6.29. The largest absolute Gasteiger partial charge is 0.491 e. The molecule has 13 heteroatoms. The summed E-state index contributed by atoms with van der Waals surface area (Å²) in [6.07, 6.45) is 0. The zero-order valence-corrected chi connectivity index (χ0v) is 18.3.